The van der Waals surface area contributed by atoms with Gasteiger partial charge in [-0.3, -0.25) is 0 Å². The lowest BCUT2D eigenvalue weighted by Crippen LogP contribution is -3.00. The molecule has 0 N–H and O–H groups in total. The molecule has 10 nitrogen and oxygen atoms in total. The van der Waals surface area contributed by atoms with Crippen LogP contribution in [0.4, 0.5) is 34.6 Å². The Bertz CT molecular complexity index is 1210. The number of halogens is 2. The lowest BCUT2D eigenvalue weighted by molar-refractivity contribution is -0.657. The van der Waals surface area contributed by atoms with Crippen LogP contribution in [0.5, 0.6) is 0 Å². The van der Waals surface area contributed by atoms with Gasteiger partial charge >= 0.3 is 11.9 Å². The predicted octanol–water partition coefficient (Wildman–Crippen LogP) is -1.33. The van der Waals surface area contributed by atoms with Crippen molar-refractivity contribution in [3.63, 3.8) is 0 Å². The Morgan fingerprint density at radius 1 is 0.579 bits per heavy atom. The fraction of sp³-hybridized carbons (Fsp3) is 0.308. The van der Waals surface area contributed by atoms with Crippen molar-refractivity contribution in [2.45, 2.75) is 0 Å². The first-order chi connectivity index (χ1) is 17.2. The van der Waals surface area contributed by atoms with E-state index in [2.05, 4.69) is 20.5 Å². The van der Waals surface area contributed by atoms with Crippen molar-refractivity contribution >= 4 is 34.6 Å². The third-order valence-corrected chi connectivity index (χ3v) is 5.51. The molecule has 0 bridgehead atoms. The maximum atomic E-state index is 4.33. The molecule has 0 unspecified atom stereocenters. The Labute approximate surface area is 237 Å². The van der Waals surface area contributed by atoms with E-state index in [1.54, 1.807) is 0 Å². The van der Waals surface area contributed by atoms with Gasteiger partial charge < -0.3 is 34.6 Å². The van der Waals surface area contributed by atoms with E-state index in [0.29, 0.717) is 0 Å². The fourth-order valence-electron chi connectivity index (χ4n) is 3.50. The van der Waals surface area contributed by atoms with Gasteiger partial charge in [-0.2, -0.15) is 0 Å². The van der Waals surface area contributed by atoms with Gasteiger partial charge in [-0.1, -0.05) is 34.5 Å². The first-order valence-corrected chi connectivity index (χ1v) is 11.6. The smallest absolute Gasteiger partial charge is 0.421 e. The van der Waals surface area contributed by atoms with Crippen LogP contribution >= 0.6 is 0 Å². The van der Waals surface area contributed by atoms with Crippen LogP contribution in [0.2, 0.25) is 0 Å². The average molecular weight is 560 g/mol. The third kappa shape index (κ3) is 8.12. The zero-order valence-corrected chi connectivity index (χ0v) is 24.7. The van der Waals surface area contributed by atoms with Gasteiger partial charge in [-0.25, -0.2) is 18.3 Å². The van der Waals surface area contributed by atoms with Gasteiger partial charge in [0.15, 0.2) is 0 Å². The van der Waals surface area contributed by atoms with E-state index >= 15 is 0 Å². The average Bonchev–Trinajstić information content (AvgIpc) is 3.36. The summed E-state index contributed by atoms with van der Waals surface area (Å²) in [5.74, 6) is 1.62. The zero-order valence-electron chi connectivity index (χ0n) is 23.2. The summed E-state index contributed by atoms with van der Waals surface area (Å²) < 4.78 is 7.73. The standard InChI is InChI=1S/2C13H18N5.2ClH/c2*1-16(2)12-8-6-5-7-11(12)14-15-13-17(3)9-10-18(13)4;;/h2*5-10H,1-4H3;2*1H/q2*+1;;/p-2. The van der Waals surface area contributed by atoms with Gasteiger partial charge in [0.2, 0.25) is 0 Å². The molecule has 12 heteroatoms. The number of aromatic nitrogens is 4. The van der Waals surface area contributed by atoms with Crippen LogP contribution in [-0.4, -0.2) is 37.3 Å². The summed E-state index contributed by atoms with van der Waals surface area (Å²) in [6.45, 7) is 0. The number of nitrogens with zero attached hydrogens (tertiary/aromatic N) is 10. The molecule has 0 aliphatic heterocycles. The molecular weight excluding hydrogens is 523 g/mol. The van der Waals surface area contributed by atoms with Gasteiger partial charge in [0.05, 0.1) is 64.4 Å². The summed E-state index contributed by atoms with van der Waals surface area (Å²) >= 11 is 0. The zero-order chi connectivity index (χ0) is 26.2. The highest BCUT2D eigenvalue weighted by Crippen LogP contribution is 2.28. The minimum Gasteiger partial charge on any atom is -1.00 e. The first-order valence-electron chi connectivity index (χ1n) is 11.6. The van der Waals surface area contributed by atoms with Gasteiger partial charge in [0.25, 0.3) is 0 Å². The molecule has 2 aromatic heterocycles. The molecule has 2 aromatic carbocycles. The Morgan fingerprint density at radius 2 is 0.921 bits per heavy atom. The van der Waals surface area contributed by atoms with Crippen molar-refractivity contribution in [3.05, 3.63) is 73.3 Å². The Balaban J connectivity index is 0.000000361. The fourth-order valence-corrected chi connectivity index (χ4v) is 3.50. The molecule has 0 saturated heterocycles. The second kappa shape index (κ2) is 14.8. The highest BCUT2D eigenvalue weighted by Gasteiger charge is 2.12. The van der Waals surface area contributed by atoms with E-state index in [1.165, 1.54) is 0 Å². The van der Waals surface area contributed by atoms with E-state index in [0.717, 1.165) is 34.6 Å². The number of anilines is 2. The molecule has 0 atom stereocenters. The highest BCUT2D eigenvalue weighted by atomic mass is 35.5. The number of aryl methyl sites for hydroxylation is 4. The van der Waals surface area contributed by atoms with Crippen LogP contribution in [0.15, 0.2) is 93.8 Å². The summed E-state index contributed by atoms with van der Waals surface area (Å²) in [6, 6.07) is 15.9. The minimum absolute atomic E-state index is 0. The van der Waals surface area contributed by atoms with Crippen LogP contribution in [0, 0.1) is 0 Å². The van der Waals surface area contributed by atoms with Crippen LogP contribution in [0.1, 0.15) is 0 Å². The Kier molecular flexibility index (Phi) is 12.6. The first kappa shape index (κ1) is 32.3. The minimum atomic E-state index is 0. The van der Waals surface area contributed by atoms with Crippen molar-refractivity contribution in [2.75, 3.05) is 38.0 Å². The summed E-state index contributed by atoms with van der Waals surface area (Å²) in [5, 5.41) is 17.3. The maximum Gasteiger partial charge on any atom is 0.421 e. The van der Waals surface area contributed by atoms with Gasteiger partial charge in [0, 0.05) is 38.4 Å². The van der Waals surface area contributed by atoms with Crippen molar-refractivity contribution in [1.29, 1.82) is 0 Å². The molecule has 0 radical (unpaired) electrons. The molecular formula is C26H36Cl2N10. The van der Waals surface area contributed by atoms with Crippen LogP contribution in [0.3, 0.4) is 0 Å². The van der Waals surface area contributed by atoms with Gasteiger partial charge in [-0.05, 0) is 24.3 Å². The number of imidazole rings is 2. The van der Waals surface area contributed by atoms with Crippen molar-refractivity contribution in [2.24, 2.45) is 48.6 Å². The predicted molar refractivity (Wildman–Crippen MR) is 143 cm³/mol. The number of benzene rings is 2. The highest BCUT2D eigenvalue weighted by molar-refractivity contribution is 5.66. The van der Waals surface area contributed by atoms with E-state index in [1.807, 2.05) is 158 Å². The number of azo groups is 2. The van der Waals surface area contributed by atoms with Crippen molar-refractivity contribution < 1.29 is 33.9 Å². The molecule has 0 amide bonds. The largest absolute Gasteiger partial charge is 1.00 e. The second-order valence-corrected chi connectivity index (χ2v) is 8.81. The quantitative estimate of drug-likeness (QED) is 0.217. The lowest BCUT2D eigenvalue weighted by Gasteiger charge is -2.12. The summed E-state index contributed by atoms with van der Waals surface area (Å²) in [5.41, 5.74) is 3.84. The number of hydrogen-bond donors (Lipinski definition) is 0. The van der Waals surface area contributed by atoms with Crippen LogP contribution < -0.4 is 43.7 Å². The molecule has 4 aromatic rings. The summed E-state index contributed by atoms with van der Waals surface area (Å²) in [7, 11) is 15.8. The second-order valence-electron chi connectivity index (χ2n) is 8.81. The van der Waals surface area contributed by atoms with Gasteiger partial charge in [0.1, 0.15) is 11.4 Å². The van der Waals surface area contributed by atoms with Gasteiger partial charge in [-0.15, -0.1) is 0 Å². The topological polar surface area (TPSA) is 73.5 Å². The molecule has 0 aliphatic rings. The summed E-state index contributed by atoms with van der Waals surface area (Å²) in [4.78, 5) is 4.05. The number of rotatable bonds is 6. The van der Waals surface area contributed by atoms with E-state index in [4.69, 9.17) is 0 Å². The van der Waals surface area contributed by atoms with Crippen LogP contribution in [-0.2, 0) is 28.2 Å². The third-order valence-electron chi connectivity index (χ3n) is 5.51. The molecule has 0 spiro atoms. The molecule has 2 heterocycles. The summed E-state index contributed by atoms with van der Waals surface area (Å²) in [6.07, 6.45) is 7.80. The molecule has 0 fully saturated rings. The SMILES string of the molecule is CN(C)c1ccccc1N=Nc1n(C)cc[n+]1C.CN(C)c1ccccc1N=Nc1n(C)cc[n+]1C.[Cl-].[Cl-]. The molecule has 0 saturated carbocycles. The van der Waals surface area contributed by atoms with E-state index in [-0.39, 0.29) is 24.8 Å². The number of hydrogen-bond acceptors (Lipinski definition) is 6. The maximum absolute atomic E-state index is 4.33. The molecule has 38 heavy (non-hydrogen) atoms. The normalized spacial score (nSPS) is 10.5. The van der Waals surface area contributed by atoms with Crippen LogP contribution in [0.25, 0.3) is 0 Å². The monoisotopic (exact) mass is 558 g/mol. The van der Waals surface area contributed by atoms with Crippen molar-refractivity contribution in [3.8, 4) is 0 Å². The molecule has 0 aliphatic carbocycles. The van der Waals surface area contributed by atoms with E-state index < -0.39 is 0 Å². The molecule has 4 rings (SSSR count). The Morgan fingerprint density at radius 3 is 1.21 bits per heavy atom. The van der Waals surface area contributed by atoms with E-state index in [9.17, 15) is 0 Å². The molecule has 204 valence electrons. The lowest BCUT2D eigenvalue weighted by atomic mass is 10.2. The van der Waals surface area contributed by atoms with Crippen molar-refractivity contribution in [1.82, 2.24) is 9.13 Å². The Hall–Kier alpha value is -3.76. The number of para-hydroxylation sites is 2.